The zero-order valence-electron chi connectivity index (χ0n) is 10.3. The number of nitrogens with zero attached hydrogens (tertiary/aromatic N) is 1. The van der Waals surface area contributed by atoms with Gasteiger partial charge in [0.15, 0.2) is 11.5 Å². The van der Waals surface area contributed by atoms with Crippen LogP contribution in [0.4, 0.5) is 0 Å². The first-order valence-corrected chi connectivity index (χ1v) is 6.59. The summed E-state index contributed by atoms with van der Waals surface area (Å²) in [6.07, 6.45) is -0.0283. The molecule has 0 spiro atoms. The maximum absolute atomic E-state index is 9.46. The van der Waals surface area contributed by atoms with Gasteiger partial charge in [-0.15, -0.1) is 11.3 Å². The number of aromatic nitrogens is 1. The summed E-state index contributed by atoms with van der Waals surface area (Å²) in [5, 5.41) is 21.5. The molecule has 0 bridgehead atoms. The van der Waals surface area contributed by atoms with E-state index in [0.29, 0.717) is 6.61 Å². The highest BCUT2D eigenvalue weighted by molar-refractivity contribution is 7.10. The zero-order valence-corrected chi connectivity index (χ0v) is 11.1. The molecule has 0 saturated heterocycles. The molecule has 0 aliphatic carbocycles. The van der Waals surface area contributed by atoms with Gasteiger partial charge in [0.05, 0.1) is 5.69 Å². The summed E-state index contributed by atoms with van der Waals surface area (Å²) in [6, 6.07) is 4.68. The Kier molecular flexibility index (Phi) is 3.84. The Morgan fingerprint density at radius 3 is 2.78 bits per heavy atom. The van der Waals surface area contributed by atoms with Gasteiger partial charge in [-0.3, -0.25) is 0 Å². The van der Waals surface area contributed by atoms with Crippen LogP contribution in [0.25, 0.3) is 11.3 Å². The van der Waals surface area contributed by atoms with Crippen LogP contribution < -0.4 is 0 Å². The minimum absolute atomic E-state index is 0.0283. The van der Waals surface area contributed by atoms with Crippen LogP contribution in [0.15, 0.2) is 23.6 Å². The van der Waals surface area contributed by atoms with Crippen molar-refractivity contribution in [3.63, 3.8) is 0 Å². The summed E-state index contributed by atoms with van der Waals surface area (Å²) >= 11 is 1.52. The number of benzene rings is 1. The van der Waals surface area contributed by atoms with Crippen LogP contribution in [0, 0.1) is 0 Å². The summed E-state index contributed by atoms with van der Waals surface area (Å²) in [5.41, 5.74) is 1.55. The van der Waals surface area contributed by atoms with Gasteiger partial charge in [0.2, 0.25) is 0 Å². The number of hydrogen-bond acceptors (Lipinski definition) is 5. The van der Waals surface area contributed by atoms with Crippen molar-refractivity contribution in [3.05, 3.63) is 28.6 Å². The highest BCUT2D eigenvalue weighted by atomic mass is 32.1. The van der Waals surface area contributed by atoms with Crippen molar-refractivity contribution in [2.75, 3.05) is 6.61 Å². The standard InChI is InChI=1S/C13H15NO3S/c1-3-17-8(2)13-14-10(7-18-13)9-4-5-11(15)12(16)6-9/h4-8,15-16H,3H2,1-2H3. The van der Waals surface area contributed by atoms with Gasteiger partial charge in [-0.1, -0.05) is 0 Å². The van der Waals surface area contributed by atoms with E-state index in [2.05, 4.69) is 4.98 Å². The van der Waals surface area contributed by atoms with Gasteiger partial charge in [0.1, 0.15) is 11.1 Å². The summed E-state index contributed by atoms with van der Waals surface area (Å²) in [6.45, 7) is 4.56. The minimum atomic E-state index is -0.139. The van der Waals surface area contributed by atoms with Gasteiger partial charge in [-0.05, 0) is 32.0 Å². The molecule has 96 valence electrons. The van der Waals surface area contributed by atoms with E-state index in [1.807, 2.05) is 19.2 Å². The second-order valence-corrected chi connectivity index (χ2v) is 4.76. The van der Waals surface area contributed by atoms with Crippen LogP contribution in [-0.4, -0.2) is 21.8 Å². The molecule has 2 aromatic rings. The van der Waals surface area contributed by atoms with Gasteiger partial charge in [-0.25, -0.2) is 4.98 Å². The highest BCUT2D eigenvalue weighted by Crippen LogP contribution is 2.32. The molecule has 4 nitrogen and oxygen atoms in total. The van der Waals surface area contributed by atoms with Crippen molar-refractivity contribution >= 4 is 11.3 Å². The molecule has 18 heavy (non-hydrogen) atoms. The lowest BCUT2D eigenvalue weighted by atomic mass is 10.1. The van der Waals surface area contributed by atoms with Crippen molar-refractivity contribution in [1.29, 1.82) is 0 Å². The van der Waals surface area contributed by atoms with Crippen molar-refractivity contribution in [1.82, 2.24) is 4.98 Å². The molecule has 1 atom stereocenters. The molecule has 1 aromatic carbocycles. The number of aromatic hydroxyl groups is 2. The second-order valence-electron chi connectivity index (χ2n) is 3.87. The van der Waals surface area contributed by atoms with Gasteiger partial charge >= 0.3 is 0 Å². The average molecular weight is 265 g/mol. The number of phenols is 2. The van der Waals surface area contributed by atoms with E-state index in [1.165, 1.54) is 23.5 Å². The molecular weight excluding hydrogens is 250 g/mol. The quantitative estimate of drug-likeness (QED) is 0.832. The number of ether oxygens (including phenoxy) is 1. The molecule has 1 unspecified atom stereocenters. The average Bonchev–Trinajstić information content (AvgIpc) is 2.82. The first-order chi connectivity index (χ1) is 8.61. The number of hydrogen-bond donors (Lipinski definition) is 2. The fraction of sp³-hybridized carbons (Fsp3) is 0.308. The number of thiazole rings is 1. The summed E-state index contributed by atoms with van der Waals surface area (Å²) in [4.78, 5) is 4.47. The zero-order chi connectivity index (χ0) is 13.1. The molecule has 0 aliphatic rings. The van der Waals surface area contributed by atoms with E-state index < -0.39 is 0 Å². The highest BCUT2D eigenvalue weighted by Gasteiger charge is 2.12. The monoisotopic (exact) mass is 265 g/mol. The summed E-state index contributed by atoms with van der Waals surface area (Å²) in [5.74, 6) is -0.267. The van der Waals surface area contributed by atoms with Crippen molar-refractivity contribution in [3.8, 4) is 22.8 Å². The molecule has 0 saturated carbocycles. The van der Waals surface area contributed by atoms with Crippen molar-refractivity contribution < 1.29 is 14.9 Å². The second kappa shape index (κ2) is 5.37. The minimum Gasteiger partial charge on any atom is -0.504 e. The molecular formula is C13H15NO3S. The van der Waals surface area contributed by atoms with Crippen molar-refractivity contribution in [2.45, 2.75) is 20.0 Å². The Balaban J connectivity index is 2.26. The van der Waals surface area contributed by atoms with Crippen LogP contribution in [0.2, 0.25) is 0 Å². The lowest BCUT2D eigenvalue weighted by molar-refractivity contribution is 0.0762. The third kappa shape index (κ3) is 2.63. The predicted molar refractivity (Wildman–Crippen MR) is 70.9 cm³/mol. The van der Waals surface area contributed by atoms with E-state index in [9.17, 15) is 10.2 Å². The molecule has 0 amide bonds. The van der Waals surface area contributed by atoms with Gasteiger partial charge in [0, 0.05) is 17.6 Å². The summed E-state index contributed by atoms with van der Waals surface area (Å²) < 4.78 is 5.48. The maximum atomic E-state index is 9.46. The van der Waals surface area contributed by atoms with E-state index in [0.717, 1.165) is 16.3 Å². The fourth-order valence-corrected chi connectivity index (χ4v) is 2.44. The number of phenolic OH excluding ortho intramolecular Hbond substituents is 2. The number of rotatable bonds is 4. The van der Waals surface area contributed by atoms with E-state index >= 15 is 0 Å². The van der Waals surface area contributed by atoms with Crippen LogP contribution in [0.3, 0.4) is 0 Å². The lowest BCUT2D eigenvalue weighted by Crippen LogP contribution is -1.98. The smallest absolute Gasteiger partial charge is 0.158 e. The van der Waals surface area contributed by atoms with E-state index in [-0.39, 0.29) is 17.6 Å². The van der Waals surface area contributed by atoms with Gasteiger partial charge < -0.3 is 14.9 Å². The summed E-state index contributed by atoms with van der Waals surface area (Å²) in [7, 11) is 0. The molecule has 0 fully saturated rings. The Bertz CT molecular complexity index is 539. The van der Waals surface area contributed by atoms with Gasteiger partial charge in [-0.2, -0.15) is 0 Å². The molecule has 2 rings (SSSR count). The Morgan fingerprint density at radius 1 is 1.33 bits per heavy atom. The molecule has 2 N–H and O–H groups in total. The van der Waals surface area contributed by atoms with Crippen LogP contribution >= 0.6 is 11.3 Å². The molecule has 1 heterocycles. The third-order valence-corrected chi connectivity index (χ3v) is 3.56. The maximum Gasteiger partial charge on any atom is 0.158 e. The predicted octanol–water partition coefficient (Wildman–Crippen LogP) is 3.32. The first kappa shape index (κ1) is 12.9. The first-order valence-electron chi connectivity index (χ1n) is 5.71. The fourth-order valence-electron chi connectivity index (χ4n) is 1.61. The lowest BCUT2D eigenvalue weighted by Gasteiger charge is -2.07. The Labute approximate surface area is 110 Å². The topological polar surface area (TPSA) is 62.6 Å². The Hall–Kier alpha value is -1.59. The van der Waals surface area contributed by atoms with Crippen LogP contribution in [0.5, 0.6) is 11.5 Å². The van der Waals surface area contributed by atoms with E-state index in [1.54, 1.807) is 6.07 Å². The molecule has 1 aromatic heterocycles. The van der Waals surface area contributed by atoms with Crippen molar-refractivity contribution in [2.24, 2.45) is 0 Å². The van der Waals surface area contributed by atoms with Crippen LogP contribution in [0.1, 0.15) is 25.0 Å². The largest absolute Gasteiger partial charge is 0.504 e. The SMILES string of the molecule is CCOC(C)c1nc(-c2ccc(O)c(O)c2)cs1. The molecule has 0 aliphatic heterocycles. The van der Waals surface area contributed by atoms with E-state index in [4.69, 9.17) is 4.74 Å². The van der Waals surface area contributed by atoms with Gasteiger partial charge in [0.25, 0.3) is 0 Å². The van der Waals surface area contributed by atoms with Crippen LogP contribution in [-0.2, 0) is 4.74 Å². The molecule has 0 radical (unpaired) electrons. The third-order valence-electron chi connectivity index (χ3n) is 2.56. The normalized spacial score (nSPS) is 12.6. The Morgan fingerprint density at radius 2 is 2.11 bits per heavy atom. The molecule has 5 heteroatoms.